The zero-order valence-corrected chi connectivity index (χ0v) is 17.5. The van der Waals surface area contributed by atoms with E-state index in [2.05, 4.69) is 106 Å². The molecule has 0 spiro atoms. The Balaban J connectivity index is 2.07. The van der Waals surface area contributed by atoms with E-state index in [0.29, 0.717) is 0 Å². The second kappa shape index (κ2) is 5.94. The van der Waals surface area contributed by atoms with Crippen LogP contribution in [0.2, 0.25) is 0 Å². The molecule has 1 N–H and O–H groups in total. The van der Waals surface area contributed by atoms with Crippen molar-refractivity contribution >= 4 is 28.3 Å². The largest absolute Gasteiger partial charge is 0.464 e. The van der Waals surface area contributed by atoms with E-state index in [1.54, 1.807) is 0 Å². The van der Waals surface area contributed by atoms with E-state index in [1.807, 2.05) is 0 Å². The Morgan fingerprint density at radius 1 is 0.958 bits per heavy atom. The van der Waals surface area contributed by atoms with Crippen LogP contribution in [0.25, 0.3) is 0 Å². The molecule has 1 aliphatic rings. The molecule has 0 radical (unpaired) electrons. The zero-order chi connectivity index (χ0) is 17.7. The average Bonchev–Trinajstić information content (AvgIpc) is 2.88. The van der Waals surface area contributed by atoms with Gasteiger partial charge in [0, 0.05) is 14.7 Å². The van der Waals surface area contributed by atoms with Crippen molar-refractivity contribution < 1.29 is 4.74 Å². The summed E-state index contributed by atoms with van der Waals surface area (Å²) in [6.07, 6.45) is -0.119. The van der Waals surface area contributed by atoms with Crippen molar-refractivity contribution in [3.63, 3.8) is 0 Å². The monoisotopic (exact) mass is 435 g/mol. The molecule has 0 fully saturated rings. The summed E-state index contributed by atoms with van der Waals surface area (Å²) in [5.41, 5.74) is 5.02. The first-order valence-corrected chi connectivity index (χ1v) is 9.51. The molecule has 1 atom stereocenters. The van der Waals surface area contributed by atoms with Crippen LogP contribution in [0.15, 0.2) is 36.4 Å². The van der Waals surface area contributed by atoms with E-state index < -0.39 is 0 Å². The van der Waals surface area contributed by atoms with Crippen molar-refractivity contribution in [2.24, 2.45) is 0 Å². The van der Waals surface area contributed by atoms with Gasteiger partial charge in [0.15, 0.2) is 6.23 Å². The summed E-state index contributed by atoms with van der Waals surface area (Å²) >= 11 is 2.34. The number of hydrogen-bond donors (Lipinski definition) is 1. The van der Waals surface area contributed by atoms with Gasteiger partial charge >= 0.3 is 0 Å². The molecule has 2 aromatic carbocycles. The number of nitrogens with one attached hydrogen (secondary N) is 1. The van der Waals surface area contributed by atoms with Crippen LogP contribution in [0.3, 0.4) is 0 Å². The number of fused-ring (bicyclic) bond motifs is 1. The predicted octanol–water partition coefficient (Wildman–Crippen LogP) is 6.39. The number of ether oxygens (including phenoxy) is 1. The molecule has 0 saturated carbocycles. The minimum absolute atomic E-state index is 0.0347. The predicted molar refractivity (Wildman–Crippen MR) is 110 cm³/mol. The molecular weight excluding hydrogens is 409 g/mol. The van der Waals surface area contributed by atoms with Crippen molar-refractivity contribution in [3.05, 3.63) is 56.7 Å². The fraction of sp³-hybridized carbons (Fsp3) is 0.429. The number of anilines is 1. The first-order chi connectivity index (χ1) is 11.1. The molecule has 0 unspecified atom stereocenters. The Kier molecular flexibility index (Phi) is 4.35. The Morgan fingerprint density at radius 3 is 2.25 bits per heavy atom. The lowest BCUT2D eigenvalue weighted by Gasteiger charge is -2.26. The second-order valence-electron chi connectivity index (χ2n) is 8.60. The maximum Gasteiger partial charge on any atom is 0.196 e. The molecule has 128 valence electrons. The van der Waals surface area contributed by atoms with E-state index in [0.717, 1.165) is 17.0 Å². The van der Waals surface area contributed by atoms with Gasteiger partial charge in [-0.25, -0.2) is 0 Å². The zero-order valence-electron chi connectivity index (χ0n) is 15.3. The maximum atomic E-state index is 6.36. The quantitative estimate of drug-likeness (QED) is 0.524. The van der Waals surface area contributed by atoms with Crippen molar-refractivity contribution in [1.29, 1.82) is 0 Å². The van der Waals surface area contributed by atoms with Gasteiger partial charge in [-0.1, -0.05) is 59.7 Å². The van der Waals surface area contributed by atoms with Crippen molar-refractivity contribution in [2.45, 2.75) is 58.6 Å². The van der Waals surface area contributed by atoms with Gasteiger partial charge in [0.05, 0.1) is 5.69 Å². The third-order valence-corrected chi connectivity index (χ3v) is 5.11. The highest BCUT2D eigenvalue weighted by Crippen LogP contribution is 2.47. The molecule has 0 bridgehead atoms. The first kappa shape index (κ1) is 17.6. The fourth-order valence-electron chi connectivity index (χ4n) is 2.96. The van der Waals surface area contributed by atoms with Crippen LogP contribution < -0.4 is 10.1 Å². The van der Waals surface area contributed by atoms with Crippen LogP contribution in [-0.2, 0) is 10.8 Å². The summed E-state index contributed by atoms with van der Waals surface area (Å²) in [5.74, 6) is 0.999. The van der Waals surface area contributed by atoms with Crippen LogP contribution in [0.4, 0.5) is 5.69 Å². The fourth-order valence-corrected chi connectivity index (χ4v) is 3.53. The molecule has 2 aromatic rings. The molecule has 3 heteroatoms. The minimum atomic E-state index is -0.119. The maximum absolute atomic E-state index is 6.36. The standard InChI is InChI=1S/C21H26INO/c1-20(2,3)14-11-16(21(4,5)6)18-17(12-14)23-19(24-18)13-8-7-9-15(22)10-13/h7-12,19,23H,1-6H3/t19-/m0/s1. The van der Waals surface area contributed by atoms with Gasteiger partial charge in [-0.15, -0.1) is 0 Å². The lowest BCUT2D eigenvalue weighted by Crippen LogP contribution is -2.17. The van der Waals surface area contributed by atoms with Crippen molar-refractivity contribution in [1.82, 2.24) is 0 Å². The highest BCUT2D eigenvalue weighted by atomic mass is 127. The number of hydrogen-bond acceptors (Lipinski definition) is 2. The Morgan fingerprint density at radius 2 is 1.67 bits per heavy atom. The normalized spacial score (nSPS) is 17.2. The lowest BCUT2D eigenvalue weighted by atomic mass is 9.80. The summed E-state index contributed by atoms with van der Waals surface area (Å²) in [4.78, 5) is 0. The lowest BCUT2D eigenvalue weighted by molar-refractivity contribution is 0.254. The molecule has 0 aliphatic carbocycles. The average molecular weight is 435 g/mol. The van der Waals surface area contributed by atoms with Gasteiger partial charge in [-0.3, -0.25) is 0 Å². The summed E-state index contributed by atoms with van der Waals surface area (Å²) < 4.78 is 7.58. The molecule has 2 nitrogen and oxygen atoms in total. The highest BCUT2D eigenvalue weighted by Gasteiger charge is 2.32. The third-order valence-electron chi connectivity index (χ3n) is 4.44. The molecule has 0 aromatic heterocycles. The molecule has 24 heavy (non-hydrogen) atoms. The Labute approximate surface area is 159 Å². The van der Waals surface area contributed by atoms with E-state index >= 15 is 0 Å². The first-order valence-electron chi connectivity index (χ1n) is 8.43. The number of benzene rings is 2. The van der Waals surface area contributed by atoms with E-state index in [-0.39, 0.29) is 17.1 Å². The second-order valence-corrected chi connectivity index (χ2v) is 9.84. The van der Waals surface area contributed by atoms with Gasteiger partial charge in [-0.05, 0) is 57.2 Å². The highest BCUT2D eigenvalue weighted by molar-refractivity contribution is 14.1. The number of rotatable bonds is 1. The van der Waals surface area contributed by atoms with Crippen LogP contribution in [0.1, 0.15) is 64.5 Å². The molecule has 1 heterocycles. The molecular formula is C21H26INO. The molecule has 1 aliphatic heterocycles. The third kappa shape index (κ3) is 3.41. The Hall–Kier alpha value is -1.23. The van der Waals surface area contributed by atoms with Crippen molar-refractivity contribution in [2.75, 3.05) is 5.32 Å². The van der Waals surface area contributed by atoms with Gasteiger partial charge in [0.2, 0.25) is 0 Å². The molecule has 3 rings (SSSR count). The summed E-state index contributed by atoms with van der Waals surface area (Å²) in [5, 5.41) is 3.58. The van der Waals surface area contributed by atoms with Crippen LogP contribution in [-0.4, -0.2) is 0 Å². The van der Waals surface area contributed by atoms with Gasteiger partial charge in [0.25, 0.3) is 0 Å². The molecule has 0 amide bonds. The summed E-state index contributed by atoms with van der Waals surface area (Å²) in [6.45, 7) is 13.5. The van der Waals surface area contributed by atoms with Crippen LogP contribution in [0.5, 0.6) is 5.75 Å². The SMILES string of the molecule is CC(C)(C)c1cc2c(c(C(C)(C)C)c1)O[C@@H](c1cccc(I)c1)N2. The Bertz CT molecular complexity index is 768. The van der Waals surface area contributed by atoms with Gasteiger partial charge in [0.1, 0.15) is 5.75 Å². The van der Waals surface area contributed by atoms with E-state index in [1.165, 1.54) is 14.7 Å². The minimum Gasteiger partial charge on any atom is -0.464 e. The van der Waals surface area contributed by atoms with Crippen LogP contribution in [0, 0.1) is 3.57 Å². The molecule has 0 saturated heterocycles. The topological polar surface area (TPSA) is 21.3 Å². The van der Waals surface area contributed by atoms with Gasteiger partial charge in [-0.2, -0.15) is 0 Å². The van der Waals surface area contributed by atoms with E-state index in [9.17, 15) is 0 Å². The smallest absolute Gasteiger partial charge is 0.196 e. The van der Waals surface area contributed by atoms with Crippen molar-refractivity contribution in [3.8, 4) is 5.75 Å². The van der Waals surface area contributed by atoms with Crippen LogP contribution >= 0.6 is 22.6 Å². The summed E-state index contributed by atoms with van der Waals surface area (Å²) in [6, 6.07) is 13.0. The number of halogens is 1. The van der Waals surface area contributed by atoms with Gasteiger partial charge < -0.3 is 10.1 Å². The van der Waals surface area contributed by atoms with E-state index in [4.69, 9.17) is 4.74 Å². The summed E-state index contributed by atoms with van der Waals surface area (Å²) in [7, 11) is 0.